The van der Waals surface area contributed by atoms with E-state index in [1.807, 2.05) is 0 Å². The molecule has 3 N–H and O–H groups in total. The van der Waals surface area contributed by atoms with Crippen LogP contribution in [0, 0.1) is 5.82 Å². The Morgan fingerprint density at radius 3 is 2.24 bits per heavy atom. The predicted octanol–water partition coefficient (Wildman–Crippen LogP) is 2.00. The summed E-state index contributed by atoms with van der Waals surface area (Å²) in [4.78, 5) is 24.8. The molecular weight excluding hydrogens is 390 g/mol. The number of nitrogens with one attached hydrogen (secondary N) is 3. The first-order valence-electron chi connectivity index (χ1n) is 9.00. The maximum Gasteiger partial charge on any atom is 0.418 e. The molecule has 29 heavy (non-hydrogen) atoms. The number of likely N-dealkylation sites (N-methyl/N-ethyl adjacent to an activating group) is 1. The molecule has 0 heterocycles. The molecule has 0 aliphatic rings. The van der Waals surface area contributed by atoms with Crippen LogP contribution in [0.25, 0.3) is 0 Å². The number of hydrogen-bond acceptors (Lipinski definition) is 2. The van der Waals surface area contributed by atoms with Gasteiger partial charge in [0.2, 0.25) is 0 Å². The Morgan fingerprint density at radius 1 is 0.966 bits per heavy atom. The molecule has 156 valence electrons. The number of benzene rings is 2. The van der Waals surface area contributed by atoms with E-state index >= 15 is 0 Å². The molecule has 1 atom stereocenters. The van der Waals surface area contributed by atoms with Crippen LogP contribution < -0.4 is 15.5 Å². The van der Waals surface area contributed by atoms with E-state index in [0.717, 1.165) is 6.07 Å². The molecule has 5 nitrogen and oxygen atoms in total. The van der Waals surface area contributed by atoms with Gasteiger partial charge < -0.3 is 15.5 Å². The third-order valence-electron chi connectivity index (χ3n) is 4.26. The van der Waals surface area contributed by atoms with Crippen molar-refractivity contribution < 1.29 is 32.1 Å². The largest absolute Gasteiger partial charge is 0.418 e. The average Bonchev–Trinajstić information content (AvgIpc) is 2.66. The van der Waals surface area contributed by atoms with Crippen LogP contribution in [0.5, 0.6) is 0 Å². The van der Waals surface area contributed by atoms with Crippen molar-refractivity contribution in [2.75, 3.05) is 25.0 Å². The lowest BCUT2D eigenvalue weighted by molar-refractivity contribution is -0.881. The number of quaternary nitrogens is 1. The minimum Gasteiger partial charge on any atom is -0.347 e. The summed E-state index contributed by atoms with van der Waals surface area (Å²) in [5.74, 6) is -1.47. The molecule has 2 rings (SSSR count). The van der Waals surface area contributed by atoms with Crippen molar-refractivity contribution in [3.05, 3.63) is 65.5 Å². The second kappa shape index (κ2) is 10.0. The van der Waals surface area contributed by atoms with Gasteiger partial charge in [-0.3, -0.25) is 9.59 Å². The van der Waals surface area contributed by atoms with Gasteiger partial charge in [-0.2, -0.15) is 13.2 Å². The molecule has 0 saturated carbocycles. The number of alkyl halides is 3. The number of carbonyl (C=O) groups is 2. The molecule has 2 aromatic rings. The summed E-state index contributed by atoms with van der Waals surface area (Å²) in [5, 5.41) is 4.84. The van der Waals surface area contributed by atoms with Gasteiger partial charge in [0, 0.05) is 12.1 Å². The van der Waals surface area contributed by atoms with Crippen molar-refractivity contribution in [3.63, 3.8) is 0 Å². The normalized spacial score (nSPS) is 12.3. The summed E-state index contributed by atoms with van der Waals surface area (Å²) in [6.45, 7) is 1.90. The van der Waals surface area contributed by atoms with Gasteiger partial charge in [-0.25, -0.2) is 4.39 Å². The van der Waals surface area contributed by atoms with Crippen LogP contribution in [-0.4, -0.2) is 31.4 Å². The summed E-state index contributed by atoms with van der Waals surface area (Å²) in [6, 6.07) is 10.7. The standard InChI is InChI=1S/C20H21F4N3O2/c1-2-27(12-18(28)25-11-14-7-3-5-9-16(14)21)13-19(29)26-17-10-6-4-8-15(17)20(22,23)24/h3-10H,2,11-13H2,1H3,(H,25,28)(H,26,29)/p+1. The van der Waals surface area contributed by atoms with Crippen LogP contribution >= 0.6 is 0 Å². The lowest BCUT2D eigenvalue weighted by Crippen LogP contribution is -3.14. The molecule has 2 aromatic carbocycles. The highest BCUT2D eigenvalue weighted by Crippen LogP contribution is 2.34. The first kappa shape index (κ1) is 22.4. The first-order chi connectivity index (χ1) is 13.7. The van der Waals surface area contributed by atoms with Gasteiger partial charge in [0.1, 0.15) is 5.82 Å². The van der Waals surface area contributed by atoms with Crippen LogP contribution in [0.15, 0.2) is 48.5 Å². The Balaban J connectivity index is 1.90. The minimum atomic E-state index is -4.59. The van der Waals surface area contributed by atoms with Crippen molar-refractivity contribution >= 4 is 17.5 Å². The van der Waals surface area contributed by atoms with E-state index in [9.17, 15) is 27.2 Å². The topological polar surface area (TPSA) is 62.6 Å². The molecule has 0 aliphatic heterocycles. The van der Waals surface area contributed by atoms with Gasteiger partial charge in [0.15, 0.2) is 13.1 Å². The second-order valence-corrected chi connectivity index (χ2v) is 6.42. The number of carbonyl (C=O) groups excluding carboxylic acids is 2. The van der Waals surface area contributed by atoms with Crippen LogP contribution in [0.1, 0.15) is 18.1 Å². The van der Waals surface area contributed by atoms with E-state index < -0.39 is 29.4 Å². The highest BCUT2D eigenvalue weighted by atomic mass is 19.4. The van der Waals surface area contributed by atoms with Crippen molar-refractivity contribution in [2.24, 2.45) is 0 Å². The fourth-order valence-electron chi connectivity index (χ4n) is 2.70. The Kier molecular flexibility index (Phi) is 7.72. The van der Waals surface area contributed by atoms with Crippen LogP contribution in [0.2, 0.25) is 0 Å². The highest BCUT2D eigenvalue weighted by molar-refractivity contribution is 5.92. The van der Waals surface area contributed by atoms with Crippen LogP contribution in [-0.2, 0) is 22.3 Å². The molecule has 0 fully saturated rings. The van der Waals surface area contributed by atoms with E-state index in [0.29, 0.717) is 17.0 Å². The molecule has 0 saturated heterocycles. The van der Waals surface area contributed by atoms with Gasteiger partial charge in [0.05, 0.1) is 17.8 Å². The molecule has 0 aliphatic carbocycles. The van der Waals surface area contributed by atoms with Gasteiger partial charge in [-0.15, -0.1) is 0 Å². The number of para-hydroxylation sites is 1. The molecule has 9 heteroatoms. The van der Waals surface area contributed by atoms with E-state index in [1.165, 1.54) is 24.3 Å². The zero-order valence-electron chi connectivity index (χ0n) is 15.8. The summed E-state index contributed by atoms with van der Waals surface area (Å²) >= 11 is 0. The van der Waals surface area contributed by atoms with Gasteiger partial charge in [-0.1, -0.05) is 30.3 Å². The minimum absolute atomic E-state index is 0.00759. The van der Waals surface area contributed by atoms with Crippen LogP contribution in [0.4, 0.5) is 23.2 Å². The van der Waals surface area contributed by atoms with Crippen molar-refractivity contribution in [1.29, 1.82) is 0 Å². The van der Waals surface area contributed by atoms with Gasteiger partial charge in [0.25, 0.3) is 11.8 Å². The number of halogens is 4. The smallest absolute Gasteiger partial charge is 0.347 e. The van der Waals surface area contributed by atoms with Crippen molar-refractivity contribution in [3.8, 4) is 0 Å². The van der Waals surface area contributed by atoms with E-state index in [4.69, 9.17) is 0 Å². The van der Waals surface area contributed by atoms with Crippen molar-refractivity contribution in [2.45, 2.75) is 19.6 Å². The Labute approximate surface area is 165 Å². The van der Waals surface area contributed by atoms with Crippen LogP contribution in [0.3, 0.4) is 0 Å². The Hall–Kier alpha value is -2.94. The van der Waals surface area contributed by atoms with Crippen molar-refractivity contribution in [1.82, 2.24) is 5.32 Å². The molecular formula is C20H22F4N3O2+. The molecule has 0 spiro atoms. The summed E-state index contributed by atoms with van der Waals surface area (Å²) in [6.07, 6.45) is -4.59. The van der Waals surface area contributed by atoms with E-state index in [-0.39, 0.29) is 25.3 Å². The maximum absolute atomic E-state index is 13.6. The van der Waals surface area contributed by atoms with E-state index in [1.54, 1.807) is 25.1 Å². The quantitative estimate of drug-likeness (QED) is 0.581. The third kappa shape index (κ3) is 6.86. The average molecular weight is 412 g/mol. The Morgan fingerprint density at radius 2 is 1.59 bits per heavy atom. The summed E-state index contributed by atoms with van der Waals surface area (Å²) < 4.78 is 52.6. The number of amides is 2. The molecule has 0 aromatic heterocycles. The molecule has 0 bridgehead atoms. The monoisotopic (exact) mass is 412 g/mol. The van der Waals surface area contributed by atoms with Gasteiger partial charge >= 0.3 is 6.18 Å². The number of rotatable bonds is 8. The SMILES string of the molecule is CC[NH+](CC(=O)NCc1ccccc1F)CC(=O)Nc1ccccc1C(F)(F)F. The fourth-order valence-corrected chi connectivity index (χ4v) is 2.70. The maximum atomic E-state index is 13.6. The van der Waals surface area contributed by atoms with Gasteiger partial charge in [-0.05, 0) is 25.1 Å². The second-order valence-electron chi connectivity index (χ2n) is 6.42. The number of anilines is 1. The zero-order valence-corrected chi connectivity index (χ0v) is 15.8. The predicted molar refractivity (Wildman–Crippen MR) is 99.6 cm³/mol. The summed E-state index contributed by atoms with van der Waals surface area (Å²) in [5.41, 5.74) is -0.932. The number of hydrogen-bond donors (Lipinski definition) is 3. The highest BCUT2D eigenvalue weighted by Gasteiger charge is 2.33. The lowest BCUT2D eigenvalue weighted by Gasteiger charge is -2.18. The molecule has 1 unspecified atom stereocenters. The third-order valence-corrected chi connectivity index (χ3v) is 4.26. The summed E-state index contributed by atoms with van der Waals surface area (Å²) in [7, 11) is 0. The lowest BCUT2D eigenvalue weighted by atomic mass is 10.1. The molecule has 2 amide bonds. The first-order valence-corrected chi connectivity index (χ1v) is 9.00. The molecule has 0 radical (unpaired) electrons. The van der Waals surface area contributed by atoms with E-state index in [2.05, 4.69) is 10.6 Å². The Bertz CT molecular complexity index is 856. The zero-order chi connectivity index (χ0) is 21.4. The fraction of sp³-hybridized carbons (Fsp3) is 0.300.